The van der Waals surface area contributed by atoms with Crippen molar-refractivity contribution >= 4 is 62.6 Å². The molecule has 3 rings (SSSR count). The fraction of sp³-hybridized carbons (Fsp3) is 0.158. The third-order valence-electron chi connectivity index (χ3n) is 3.76. The molecule has 1 amide bonds. The first-order valence-electron chi connectivity index (χ1n) is 8.38. The van der Waals surface area contributed by atoms with Gasteiger partial charge in [0.05, 0.1) is 12.6 Å². The van der Waals surface area contributed by atoms with Gasteiger partial charge in [-0.05, 0) is 35.9 Å². The quantitative estimate of drug-likeness (QED) is 0.444. The lowest BCUT2D eigenvalue weighted by Gasteiger charge is -2.09. The number of amidine groups is 1. The first-order chi connectivity index (χ1) is 13.9. The van der Waals surface area contributed by atoms with Gasteiger partial charge in [-0.15, -0.1) is 5.10 Å². The molecule has 1 aliphatic rings. The molecule has 0 bridgehead atoms. The SMILES string of the molecule is O=C(O)C[C@H]1S/C(=N\N=C/c2cc(Br)ccc2OCc2ccc(Cl)cc2)NC1=O. The van der Waals surface area contributed by atoms with Crippen LogP contribution in [0.2, 0.25) is 5.02 Å². The van der Waals surface area contributed by atoms with Gasteiger partial charge in [0, 0.05) is 15.1 Å². The number of hydrogen-bond acceptors (Lipinski definition) is 6. The summed E-state index contributed by atoms with van der Waals surface area (Å²) in [6.45, 7) is 0.358. The van der Waals surface area contributed by atoms with E-state index in [9.17, 15) is 9.59 Å². The zero-order chi connectivity index (χ0) is 20.8. The first kappa shape index (κ1) is 21.4. The molecule has 0 radical (unpaired) electrons. The largest absolute Gasteiger partial charge is 0.488 e. The summed E-state index contributed by atoms with van der Waals surface area (Å²) in [5, 5.41) is 19.5. The molecule has 1 fully saturated rings. The molecule has 2 aromatic carbocycles. The number of hydrogen-bond donors (Lipinski definition) is 2. The number of nitrogens with zero attached hydrogens (tertiary/aromatic N) is 2. The third-order valence-corrected chi connectivity index (χ3v) is 5.58. The van der Waals surface area contributed by atoms with Gasteiger partial charge < -0.3 is 15.2 Å². The minimum Gasteiger partial charge on any atom is -0.488 e. The molecular formula is C19H15BrClN3O4S. The van der Waals surface area contributed by atoms with Crippen LogP contribution in [0.4, 0.5) is 0 Å². The fourth-order valence-electron chi connectivity index (χ4n) is 2.38. The van der Waals surface area contributed by atoms with Crippen LogP contribution in [0.15, 0.2) is 57.1 Å². The van der Waals surface area contributed by atoms with Crippen LogP contribution in [0.5, 0.6) is 5.75 Å². The Bertz CT molecular complexity index is 982. The molecule has 1 saturated heterocycles. The molecule has 0 saturated carbocycles. The maximum Gasteiger partial charge on any atom is 0.305 e. The number of rotatable bonds is 7. The van der Waals surface area contributed by atoms with Crippen molar-refractivity contribution < 1.29 is 19.4 Å². The minimum atomic E-state index is -1.04. The molecule has 0 aliphatic carbocycles. The zero-order valence-electron chi connectivity index (χ0n) is 14.8. The number of aliphatic carboxylic acids is 1. The lowest BCUT2D eigenvalue weighted by molar-refractivity contribution is -0.138. The summed E-state index contributed by atoms with van der Waals surface area (Å²) in [6, 6.07) is 12.8. The van der Waals surface area contributed by atoms with Crippen LogP contribution in [-0.2, 0) is 16.2 Å². The van der Waals surface area contributed by atoms with Gasteiger partial charge in [0.1, 0.15) is 17.6 Å². The second-order valence-corrected chi connectivity index (χ2v) is 8.48. The number of amides is 1. The lowest BCUT2D eigenvalue weighted by atomic mass is 10.2. The van der Waals surface area contributed by atoms with Crippen LogP contribution in [0, 0.1) is 0 Å². The standard InChI is InChI=1S/C19H15BrClN3O4S/c20-13-3-6-15(28-10-11-1-4-14(21)5-2-11)12(7-13)9-22-24-19-23-18(27)16(29-19)8-17(25)26/h1-7,9,16H,8,10H2,(H,25,26)(H,23,24,27)/b22-9-/t16-/m1/s1. The van der Waals surface area contributed by atoms with E-state index in [2.05, 4.69) is 31.4 Å². The van der Waals surface area contributed by atoms with E-state index in [4.69, 9.17) is 21.4 Å². The summed E-state index contributed by atoms with van der Waals surface area (Å²) in [7, 11) is 0. The number of thioether (sulfide) groups is 1. The Kier molecular flexibility index (Phi) is 7.29. The maximum absolute atomic E-state index is 11.7. The smallest absolute Gasteiger partial charge is 0.305 e. The van der Waals surface area contributed by atoms with Crippen molar-refractivity contribution in [2.75, 3.05) is 0 Å². The lowest BCUT2D eigenvalue weighted by Crippen LogP contribution is -2.26. The van der Waals surface area contributed by atoms with Gasteiger partial charge in [-0.3, -0.25) is 9.59 Å². The number of ether oxygens (including phenoxy) is 1. The van der Waals surface area contributed by atoms with E-state index in [-0.39, 0.29) is 17.5 Å². The number of nitrogens with one attached hydrogen (secondary N) is 1. The summed E-state index contributed by atoms with van der Waals surface area (Å²) >= 11 is 10.3. The van der Waals surface area contributed by atoms with Crippen LogP contribution in [0.3, 0.4) is 0 Å². The molecule has 7 nitrogen and oxygen atoms in total. The van der Waals surface area contributed by atoms with Crippen molar-refractivity contribution in [3.8, 4) is 5.75 Å². The van der Waals surface area contributed by atoms with Crippen LogP contribution in [-0.4, -0.2) is 33.6 Å². The molecule has 10 heteroatoms. The highest BCUT2D eigenvalue weighted by molar-refractivity contribution is 9.10. The van der Waals surface area contributed by atoms with Crippen molar-refractivity contribution in [3.05, 3.63) is 63.1 Å². The van der Waals surface area contributed by atoms with E-state index in [0.29, 0.717) is 22.9 Å². The van der Waals surface area contributed by atoms with E-state index in [1.54, 1.807) is 12.1 Å². The highest BCUT2D eigenvalue weighted by Crippen LogP contribution is 2.24. The number of carboxylic acid groups (broad SMARTS) is 1. The zero-order valence-corrected chi connectivity index (χ0v) is 18.0. The highest BCUT2D eigenvalue weighted by Gasteiger charge is 2.32. The van der Waals surface area contributed by atoms with E-state index in [0.717, 1.165) is 21.8 Å². The Morgan fingerprint density at radius 3 is 2.79 bits per heavy atom. The maximum atomic E-state index is 11.7. The topological polar surface area (TPSA) is 100 Å². The van der Waals surface area contributed by atoms with Crippen molar-refractivity contribution in [2.24, 2.45) is 10.2 Å². The molecule has 2 aromatic rings. The summed E-state index contributed by atoms with van der Waals surface area (Å²) in [4.78, 5) is 22.5. The van der Waals surface area contributed by atoms with Crippen LogP contribution >= 0.6 is 39.3 Å². The normalized spacial score (nSPS) is 17.7. The minimum absolute atomic E-state index is 0.260. The van der Waals surface area contributed by atoms with Crippen LogP contribution < -0.4 is 10.1 Å². The monoisotopic (exact) mass is 495 g/mol. The van der Waals surface area contributed by atoms with Gasteiger partial charge in [-0.25, -0.2) is 0 Å². The van der Waals surface area contributed by atoms with E-state index < -0.39 is 11.2 Å². The fourth-order valence-corrected chi connectivity index (χ4v) is 3.80. The third kappa shape index (κ3) is 6.31. The molecule has 29 heavy (non-hydrogen) atoms. The Balaban J connectivity index is 1.68. The molecule has 0 aromatic heterocycles. The van der Waals surface area contributed by atoms with Gasteiger partial charge in [0.15, 0.2) is 5.17 Å². The summed E-state index contributed by atoms with van der Waals surface area (Å²) in [5.74, 6) is -0.821. The van der Waals surface area contributed by atoms with E-state index >= 15 is 0 Å². The van der Waals surface area contributed by atoms with Crippen molar-refractivity contribution in [2.45, 2.75) is 18.3 Å². The molecule has 2 N–H and O–H groups in total. The predicted molar refractivity (Wildman–Crippen MR) is 117 cm³/mol. The van der Waals surface area contributed by atoms with Gasteiger partial charge >= 0.3 is 5.97 Å². The Hall–Kier alpha value is -2.36. The van der Waals surface area contributed by atoms with Gasteiger partial charge in [0.25, 0.3) is 0 Å². The van der Waals surface area contributed by atoms with E-state index in [1.165, 1.54) is 6.21 Å². The number of carbonyl (C=O) groups is 2. The molecule has 0 spiro atoms. The van der Waals surface area contributed by atoms with Crippen molar-refractivity contribution in [3.63, 3.8) is 0 Å². The number of halogens is 2. The second kappa shape index (κ2) is 9.91. The van der Waals surface area contributed by atoms with Gasteiger partial charge in [-0.2, -0.15) is 5.10 Å². The average molecular weight is 497 g/mol. The van der Waals surface area contributed by atoms with Crippen LogP contribution in [0.25, 0.3) is 0 Å². The summed E-state index contributed by atoms with van der Waals surface area (Å²) in [5.41, 5.74) is 1.66. The molecule has 1 aliphatic heterocycles. The summed E-state index contributed by atoms with van der Waals surface area (Å²) < 4.78 is 6.72. The molecule has 1 atom stereocenters. The number of benzene rings is 2. The molecule has 1 heterocycles. The van der Waals surface area contributed by atoms with Crippen molar-refractivity contribution in [1.29, 1.82) is 0 Å². The van der Waals surface area contributed by atoms with Gasteiger partial charge in [-0.1, -0.05) is 51.4 Å². The Morgan fingerprint density at radius 2 is 2.07 bits per heavy atom. The number of carboxylic acids is 1. The first-order valence-corrected chi connectivity index (χ1v) is 10.4. The molecule has 150 valence electrons. The van der Waals surface area contributed by atoms with Crippen molar-refractivity contribution in [1.82, 2.24) is 5.32 Å². The Morgan fingerprint density at radius 1 is 1.31 bits per heavy atom. The highest BCUT2D eigenvalue weighted by atomic mass is 79.9. The van der Waals surface area contributed by atoms with E-state index in [1.807, 2.05) is 30.3 Å². The average Bonchev–Trinajstić information content (AvgIpc) is 3.01. The number of carbonyl (C=O) groups excluding carboxylic acids is 1. The molecular weight excluding hydrogens is 482 g/mol. The second-order valence-electron chi connectivity index (χ2n) is 5.94. The summed E-state index contributed by atoms with van der Waals surface area (Å²) in [6.07, 6.45) is 1.24. The Labute approximate surface area is 184 Å². The van der Waals surface area contributed by atoms with Crippen LogP contribution in [0.1, 0.15) is 17.5 Å². The molecule has 0 unspecified atom stereocenters. The predicted octanol–water partition coefficient (Wildman–Crippen LogP) is 4.08. The van der Waals surface area contributed by atoms with Gasteiger partial charge in [0.2, 0.25) is 5.91 Å².